The minimum atomic E-state index is -0.441. The van der Waals surface area contributed by atoms with Crippen molar-refractivity contribution in [3.63, 3.8) is 0 Å². The summed E-state index contributed by atoms with van der Waals surface area (Å²) >= 11 is 0. The Labute approximate surface area is 212 Å². The minimum absolute atomic E-state index is 0.0286. The molecule has 1 N–H and O–H groups in total. The highest BCUT2D eigenvalue weighted by molar-refractivity contribution is 6.00. The number of carbonyl (C=O) groups excluding carboxylic acids is 1. The molecule has 0 unspecified atom stereocenters. The summed E-state index contributed by atoms with van der Waals surface area (Å²) in [6.07, 6.45) is 9.01. The Balaban J connectivity index is 1.94. The lowest BCUT2D eigenvalue weighted by atomic mass is 10.1. The molecule has 188 valence electrons. The maximum Gasteiger partial charge on any atom is 0.270 e. The summed E-state index contributed by atoms with van der Waals surface area (Å²) in [6.45, 7) is 6.66. The molecule has 0 fully saturated rings. The minimum Gasteiger partial charge on any atom is -0.363 e. The lowest BCUT2D eigenvalue weighted by Gasteiger charge is -2.20. The lowest BCUT2D eigenvalue weighted by molar-refractivity contribution is -0.384. The zero-order chi connectivity index (χ0) is 26.1. The van der Waals surface area contributed by atoms with Gasteiger partial charge < -0.3 is 14.8 Å². The van der Waals surface area contributed by atoms with Crippen LogP contribution in [-0.4, -0.2) is 29.5 Å². The number of nitrogens with zero attached hydrogens (tertiary/aromatic N) is 3. The smallest absolute Gasteiger partial charge is 0.270 e. The van der Waals surface area contributed by atoms with Gasteiger partial charge in [0.25, 0.3) is 11.6 Å². The van der Waals surface area contributed by atoms with Gasteiger partial charge >= 0.3 is 0 Å². The number of benzene rings is 2. The van der Waals surface area contributed by atoms with Crippen LogP contribution in [0.2, 0.25) is 0 Å². The standard InChI is InChI=1S/C29H34N4O3/c1-5-7-8-12-15-25-19-27(29(31(3)4)32(25)21-23-13-10-9-11-14-23)28(34)30-20-24-16-22(6-2)17-26(18-24)33(35)36/h6,9-19H,2,5,7-8,20-21H2,1,3-4H3,(H,30,34)/b15-12+. The average Bonchev–Trinajstić information content (AvgIpc) is 3.23. The molecular formula is C29H34N4O3. The quantitative estimate of drug-likeness (QED) is 0.185. The van der Waals surface area contributed by atoms with Gasteiger partial charge in [0.05, 0.1) is 10.5 Å². The van der Waals surface area contributed by atoms with E-state index >= 15 is 0 Å². The number of amides is 1. The van der Waals surface area contributed by atoms with E-state index in [4.69, 9.17) is 0 Å². The average molecular weight is 487 g/mol. The van der Waals surface area contributed by atoms with Crippen molar-refractivity contribution < 1.29 is 9.72 Å². The molecule has 0 spiro atoms. The first kappa shape index (κ1) is 26.5. The molecule has 0 saturated carbocycles. The number of non-ortho nitro benzene ring substituents is 1. The fourth-order valence-electron chi connectivity index (χ4n) is 4.11. The molecule has 0 aliphatic heterocycles. The molecular weight excluding hydrogens is 452 g/mol. The zero-order valence-electron chi connectivity index (χ0n) is 21.2. The van der Waals surface area contributed by atoms with Crippen LogP contribution < -0.4 is 10.2 Å². The van der Waals surface area contributed by atoms with Gasteiger partial charge in [-0.1, -0.05) is 68.8 Å². The van der Waals surface area contributed by atoms with E-state index in [1.165, 1.54) is 12.1 Å². The number of unbranched alkanes of at least 4 members (excludes halogenated alkanes) is 2. The molecule has 3 rings (SSSR count). The van der Waals surface area contributed by atoms with E-state index in [0.29, 0.717) is 23.2 Å². The third-order valence-electron chi connectivity index (χ3n) is 5.86. The first-order chi connectivity index (χ1) is 17.3. The molecule has 3 aromatic rings. The van der Waals surface area contributed by atoms with Crippen molar-refractivity contribution in [1.29, 1.82) is 0 Å². The molecule has 1 heterocycles. The Hall–Kier alpha value is -4.13. The summed E-state index contributed by atoms with van der Waals surface area (Å²) in [7, 11) is 3.85. The van der Waals surface area contributed by atoms with Crippen LogP contribution in [0.5, 0.6) is 0 Å². The van der Waals surface area contributed by atoms with Crippen LogP contribution in [0.3, 0.4) is 0 Å². The molecule has 7 heteroatoms. The summed E-state index contributed by atoms with van der Waals surface area (Å²) < 4.78 is 2.15. The Morgan fingerprint density at radius 2 is 1.89 bits per heavy atom. The van der Waals surface area contributed by atoms with Crippen molar-refractivity contribution in [2.75, 3.05) is 19.0 Å². The van der Waals surface area contributed by atoms with Crippen LogP contribution in [-0.2, 0) is 13.1 Å². The predicted octanol–water partition coefficient (Wildman–Crippen LogP) is 6.29. The largest absolute Gasteiger partial charge is 0.363 e. The van der Waals surface area contributed by atoms with E-state index in [1.54, 1.807) is 12.1 Å². The Morgan fingerprint density at radius 1 is 1.14 bits per heavy atom. The number of allylic oxidation sites excluding steroid dienone is 1. The van der Waals surface area contributed by atoms with Crippen molar-refractivity contribution in [1.82, 2.24) is 9.88 Å². The van der Waals surface area contributed by atoms with Crippen molar-refractivity contribution in [3.8, 4) is 0 Å². The summed E-state index contributed by atoms with van der Waals surface area (Å²) in [5.41, 5.74) is 3.89. The van der Waals surface area contributed by atoms with Crippen molar-refractivity contribution in [2.24, 2.45) is 0 Å². The van der Waals surface area contributed by atoms with Crippen LogP contribution in [0, 0.1) is 10.1 Å². The number of hydrogen-bond acceptors (Lipinski definition) is 4. The molecule has 0 aliphatic rings. The topological polar surface area (TPSA) is 80.4 Å². The fourth-order valence-corrected chi connectivity index (χ4v) is 4.11. The highest BCUT2D eigenvalue weighted by atomic mass is 16.6. The monoisotopic (exact) mass is 486 g/mol. The summed E-state index contributed by atoms with van der Waals surface area (Å²) in [5, 5.41) is 14.2. The van der Waals surface area contributed by atoms with Gasteiger partial charge in [-0.05, 0) is 41.3 Å². The van der Waals surface area contributed by atoms with E-state index in [1.807, 2.05) is 43.3 Å². The molecule has 0 aliphatic carbocycles. The van der Waals surface area contributed by atoms with E-state index < -0.39 is 4.92 Å². The van der Waals surface area contributed by atoms with E-state index in [0.717, 1.165) is 36.3 Å². The first-order valence-electron chi connectivity index (χ1n) is 12.1. The number of rotatable bonds is 12. The number of nitro benzene ring substituents is 1. The molecule has 0 radical (unpaired) electrons. The summed E-state index contributed by atoms with van der Waals surface area (Å²) in [4.78, 5) is 26.2. The van der Waals surface area contributed by atoms with Gasteiger partial charge in [-0.15, -0.1) is 0 Å². The van der Waals surface area contributed by atoms with E-state index in [-0.39, 0.29) is 18.1 Å². The molecule has 0 atom stereocenters. The zero-order valence-corrected chi connectivity index (χ0v) is 21.2. The second-order valence-corrected chi connectivity index (χ2v) is 8.89. The summed E-state index contributed by atoms with van der Waals surface area (Å²) in [6, 6.07) is 16.8. The van der Waals surface area contributed by atoms with Gasteiger partial charge in [0.15, 0.2) is 0 Å². The second kappa shape index (κ2) is 12.5. The van der Waals surface area contributed by atoms with E-state index in [2.05, 4.69) is 47.7 Å². The highest BCUT2D eigenvalue weighted by Gasteiger charge is 2.21. The first-order valence-corrected chi connectivity index (χ1v) is 12.1. The third kappa shape index (κ3) is 6.72. The Kier molecular flexibility index (Phi) is 9.22. The maximum absolute atomic E-state index is 13.4. The van der Waals surface area contributed by atoms with E-state index in [9.17, 15) is 14.9 Å². The number of carbonyl (C=O) groups is 1. The highest BCUT2D eigenvalue weighted by Crippen LogP contribution is 2.27. The van der Waals surface area contributed by atoms with Gasteiger partial charge in [0.1, 0.15) is 5.82 Å². The fraction of sp³-hybridized carbons (Fsp3) is 0.276. The van der Waals surface area contributed by atoms with Crippen LogP contribution in [0.15, 0.2) is 67.3 Å². The molecule has 36 heavy (non-hydrogen) atoms. The lowest BCUT2D eigenvalue weighted by Crippen LogP contribution is -2.26. The van der Waals surface area contributed by atoms with Gasteiger partial charge in [0, 0.05) is 45.0 Å². The molecule has 2 aromatic carbocycles. The number of anilines is 1. The van der Waals surface area contributed by atoms with Crippen LogP contribution >= 0.6 is 0 Å². The van der Waals surface area contributed by atoms with Crippen LogP contribution in [0.4, 0.5) is 11.5 Å². The predicted molar refractivity (Wildman–Crippen MR) is 147 cm³/mol. The molecule has 1 amide bonds. The number of aromatic nitrogens is 1. The van der Waals surface area contributed by atoms with Crippen molar-refractivity contribution >= 4 is 29.6 Å². The van der Waals surface area contributed by atoms with Crippen LogP contribution in [0.25, 0.3) is 12.2 Å². The van der Waals surface area contributed by atoms with Gasteiger partial charge in [-0.3, -0.25) is 14.9 Å². The number of nitro groups is 1. The SMILES string of the molecule is C=Cc1cc(CNC(=O)c2cc(/C=C/CCCC)n(Cc3ccccc3)c2N(C)C)cc([N+](=O)[O-])c1. The second-order valence-electron chi connectivity index (χ2n) is 8.89. The Morgan fingerprint density at radius 3 is 2.53 bits per heavy atom. The number of hydrogen-bond donors (Lipinski definition) is 1. The third-order valence-corrected chi connectivity index (χ3v) is 5.86. The Bertz CT molecular complexity index is 1240. The molecule has 0 saturated heterocycles. The molecule has 7 nitrogen and oxygen atoms in total. The van der Waals surface area contributed by atoms with Gasteiger partial charge in [0.2, 0.25) is 0 Å². The van der Waals surface area contributed by atoms with Gasteiger partial charge in [-0.25, -0.2) is 0 Å². The van der Waals surface area contributed by atoms with Crippen LogP contribution in [0.1, 0.15) is 58.9 Å². The summed E-state index contributed by atoms with van der Waals surface area (Å²) in [5.74, 6) is 0.567. The normalized spacial score (nSPS) is 11.0. The number of nitrogens with one attached hydrogen (secondary N) is 1. The molecule has 0 bridgehead atoms. The molecule has 1 aromatic heterocycles. The van der Waals surface area contributed by atoms with Gasteiger partial charge in [-0.2, -0.15) is 0 Å². The maximum atomic E-state index is 13.4. The van der Waals surface area contributed by atoms with Crippen molar-refractivity contribution in [2.45, 2.75) is 39.3 Å². The van der Waals surface area contributed by atoms with Crippen molar-refractivity contribution in [3.05, 3.63) is 105 Å².